The summed E-state index contributed by atoms with van der Waals surface area (Å²) < 4.78 is 5.22. The first-order chi connectivity index (χ1) is 13.3. The maximum Gasteiger partial charge on any atom is 0.289 e. The predicted molar refractivity (Wildman–Crippen MR) is 109 cm³/mol. The van der Waals surface area contributed by atoms with Crippen molar-refractivity contribution < 1.29 is 9.21 Å². The zero-order chi connectivity index (χ0) is 18.9. The first kappa shape index (κ1) is 19.4. The molecule has 144 valence electrons. The SMILES string of the molecule is CCNC(=NCCSc1ccccc1)N1CCN(C(=O)c2ccco2)CC1. The van der Waals surface area contributed by atoms with Gasteiger partial charge in [-0.2, -0.15) is 0 Å². The van der Waals surface area contributed by atoms with E-state index < -0.39 is 0 Å². The number of carbonyl (C=O) groups is 1. The molecule has 0 atom stereocenters. The second-order valence-corrected chi connectivity index (χ2v) is 7.32. The molecule has 0 aliphatic carbocycles. The Bertz CT molecular complexity index is 726. The molecular weight excluding hydrogens is 360 g/mol. The molecule has 6 nitrogen and oxygen atoms in total. The van der Waals surface area contributed by atoms with Crippen LogP contribution in [0.15, 0.2) is 63.0 Å². The fraction of sp³-hybridized carbons (Fsp3) is 0.400. The van der Waals surface area contributed by atoms with E-state index in [0.29, 0.717) is 18.8 Å². The molecule has 2 heterocycles. The maximum atomic E-state index is 12.4. The van der Waals surface area contributed by atoms with Crippen LogP contribution in [0.25, 0.3) is 0 Å². The first-order valence-corrected chi connectivity index (χ1v) is 10.3. The van der Waals surface area contributed by atoms with Crippen LogP contribution >= 0.6 is 11.8 Å². The summed E-state index contributed by atoms with van der Waals surface area (Å²) in [5.41, 5.74) is 0. The van der Waals surface area contributed by atoms with Crippen molar-refractivity contribution in [1.82, 2.24) is 15.1 Å². The summed E-state index contributed by atoms with van der Waals surface area (Å²) in [6, 6.07) is 13.8. The van der Waals surface area contributed by atoms with Gasteiger partial charge in [0, 0.05) is 43.4 Å². The number of benzene rings is 1. The minimum absolute atomic E-state index is 0.0409. The van der Waals surface area contributed by atoms with Gasteiger partial charge in [0.15, 0.2) is 11.7 Å². The van der Waals surface area contributed by atoms with Gasteiger partial charge in [-0.05, 0) is 31.2 Å². The van der Waals surface area contributed by atoms with Gasteiger partial charge in [-0.1, -0.05) is 18.2 Å². The number of hydrogen-bond acceptors (Lipinski definition) is 4. The summed E-state index contributed by atoms with van der Waals surface area (Å²) in [6.45, 7) is 6.54. The smallest absolute Gasteiger partial charge is 0.289 e. The van der Waals surface area contributed by atoms with Crippen LogP contribution in [0.3, 0.4) is 0 Å². The normalized spacial score (nSPS) is 15.1. The molecule has 0 spiro atoms. The van der Waals surface area contributed by atoms with E-state index in [4.69, 9.17) is 9.41 Å². The van der Waals surface area contributed by atoms with Gasteiger partial charge in [0.2, 0.25) is 0 Å². The zero-order valence-corrected chi connectivity index (χ0v) is 16.5. The number of furan rings is 1. The van der Waals surface area contributed by atoms with E-state index in [1.165, 1.54) is 11.2 Å². The van der Waals surface area contributed by atoms with Crippen molar-refractivity contribution in [3.05, 3.63) is 54.5 Å². The molecule has 0 bridgehead atoms. The van der Waals surface area contributed by atoms with Crippen LogP contribution in [0, 0.1) is 0 Å². The van der Waals surface area contributed by atoms with Crippen LogP contribution in [0.5, 0.6) is 0 Å². The molecule has 27 heavy (non-hydrogen) atoms. The van der Waals surface area contributed by atoms with Gasteiger partial charge >= 0.3 is 0 Å². The summed E-state index contributed by atoms with van der Waals surface area (Å²) in [5.74, 6) is 2.23. The zero-order valence-electron chi connectivity index (χ0n) is 15.6. The average molecular weight is 387 g/mol. The molecule has 1 aliphatic rings. The van der Waals surface area contributed by atoms with Gasteiger partial charge in [-0.3, -0.25) is 9.79 Å². The third-order valence-electron chi connectivity index (χ3n) is 4.30. The molecule has 0 saturated carbocycles. The molecule has 1 aromatic heterocycles. The van der Waals surface area contributed by atoms with Crippen LogP contribution in [0.1, 0.15) is 17.5 Å². The van der Waals surface area contributed by atoms with E-state index in [1.54, 1.807) is 12.1 Å². The van der Waals surface area contributed by atoms with Crippen molar-refractivity contribution in [3.8, 4) is 0 Å². The fourth-order valence-electron chi connectivity index (χ4n) is 2.94. The number of nitrogens with one attached hydrogen (secondary N) is 1. The first-order valence-electron chi connectivity index (χ1n) is 9.32. The molecule has 0 unspecified atom stereocenters. The third-order valence-corrected chi connectivity index (χ3v) is 5.29. The van der Waals surface area contributed by atoms with Crippen LogP contribution in [-0.2, 0) is 0 Å². The van der Waals surface area contributed by atoms with Gasteiger partial charge in [0.05, 0.1) is 12.8 Å². The monoisotopic (exact) mass is 386 g/mol. The Kier molecular flexibility index (Phi) is 7.21. The van der Waals surface area contributed by atoms with Gasteiger partial charge in [0.25, 0.3) is 5.91 Å². The predicted octanol–water partition coefficient (Wildman–Crippen LogP) is 2.80. The molecule has 1 aromatic carbocycles. The van der Waals surface area contributed by atoms with E-state index in [2.05, 4.69) is 41.4 Å². The lowest BCUT2D eigenvalue weighted by molar-refractivity contribution is 0.0657. The summed E-state index contributed by atoms with van der Waals surface area (Å²) in [4.78, 5) is 22.5. The number of aliphatic imine (C=N–C) groups is 1. The van der Waals surface area contributed by atoms with Crippen molar-refractivity contribution in [2.24, 2.45) is 4.99 Å². The molecule has 1 amide bonds. The van der Waals surface area contributed by atoms with Crippen LogP contribution in [-0.4, -0.2) is 66.7 Å². The lowest BCUT2D eigenvalue weighted by atomic mass is 10.3. The number of piperazine rings is 1. The van der Waals surface area contributed by atoms with Crippen molar-refractivity contribution in [1.29, 1.82) is 0 Å². The highest BCUT2D eigenvalue weighted by atomic mass is 32.2. The van der Waals surface area contributed by atoms with Gasteiger partial charge in [0.1, 0.15) is 0 Å². The quantitative estimate of drug-likeness (QED) is 0.358. The number of nitrogens with zero attached hydrogens (tertiary/aromatic N) is 3. The maximum absolute atomic E-state index is 12.4. The van der Waals surface area contributed by atoms with Crippen LogP contribution in [0.4, 0.5) is 0 Å². The summed E-state index contributed by atoms with van der Waals surface area (Å²) in [6.07, 6.45) is 1.53. The molecule has 7 heteroatoms. The van der Waals surface area contributed by atoms with Gasteiger partial charge in [-0.15, -0.1) is 11.8 Å². The molecule has 0 radical (unpaired) electrons. The highest BCUT2D eigenvalue weighted by Gasteiger charge is 2.25. The Morgan fingerprint density at radius 1 is 1.11 bits per heavy atom. The Hall–Kier alpha value is -2.41. The van der Waals surface area contributed by atoms with E-state index in [-0.39, 0.29) is 5.91 Å². The summed E-state index contributed by atoms with van der Waals surface area (Å²) >= 11 is 1.81. The molecule has 1 fully saturated rings. The van der Waals surface area contributed by atoms with Crippen molar-refractivity contribution in [2.45, 2.75) is 11.8 Å². The Balaban J connectivity index is 1.49. The topological polar surface area (TPSA) is 61.1 Å². The highest BCUT2D eigenvalue weighted by Crippen LogP contribution is 2.16. The molecule has 1 N–H and O–H groups in total. The van der Waals surface area contributed by atoms with Gasteiger partial charge in [-0.25, -0.2) is 0 Å². The highest BCUT2D eigenvalue weighted by molar-refractivity contribution is 7.99. The van der Waals surface area contributed by atoms with Crippen LogP contribution < -0.4 is 5.32 Å². The van der Waals surface area contributed by atoms with E-state index in [1.807, 2.05) is 22.7 Å². The Labute approximate surface area is 164 Å². The molecule has 1 saturated heterocycles. The lowest BCUT2D eigenvalue weighted by Crippen LogP contribution is -2.53. The van der Waals surface area contributed by atoms with E-state index >= 15 is 0 Å². The number of guanidine groups is 1. The van der Waals surface area contributed by atoms with Gasteiger partial charge < -0.3 is 19.5 Å². The molecule has 3 rings (SSSR count). The molecule has 2 aromatic rings. The minimum atomic E-state index is -0.0409. The van der Waals surface area contributed by atoms with Crippen molar-refractivity contribution in [3.63, 3.8) is 0 Å². The minimum Gasteiger partial charge on any atom is -0.459 e. The van der Waals surface area contributed by atoms with Crippen molar-refractivity contribution in [2.75, 3.05) is 45.0 Å². The summed E-state index contributed by atoms with van der Waals surface area (Å²) in [7, 11) is 0. The van der Waals surface area contributed by atoms with E-state index in [0.717, 1.165) is 37.9 Å². The Morgan fingerprint density at radius 2 is 1.85 bits per heavy atom. The second-order valence-electron chi connectivity index (χ2n) is 6.15. The number of amides is 1. The summed E-state index contributed by atoms with van der Waals surface area (Å²) in [5, 5.41) is 3.37. The van der Waals surface area contributed by atoms with Crippen LogP contribution in [0.2, 0.25) is 0 Å². The number of carbonyl (C=O) groups excluding carboxylic acids is 1. The Morgan fingerprint density at radius 3 is 2.52 bits per heavy atom. The largest absolute Gasteiger partial charge is 0.459 e. The second kappa shape index (κ2) is 10.1. The lowest BCUT2D eigenvalue weighted by Gasteiger charge is -2.36. The molecular formula is C20H26N4O2S. The average Bonchev–Trinajstić information content (AvgIpc) is 3.26. The van der Waals surface area contributed by atoms with E-state index in [9.17, 15) is 4.79 Å². The number of hydrogen-bond donors (Lipinski definition) is 1. The standard InChI is InChI=1S/C20H26N4O2S/c1-2-21-20(22-10-16-27-17-7-4-3-5-8-17)24-13-11-23(12-14-24)19(25)18-9-6-15-26-18/h3-9,15H,2,10-14,16H2,1H3,(H,21,22). The van der Waals surface area contributed by atoms with Crippen molar-refractivity contribution >= 4 is 23.6 Å². The third kappa shape index (κ3) is 5.53. The number of rotatable bonds is 6. The fourth-order valence-corrected chi connectivity index (χ4v) is 3.70. The number of thioether (sulfide) groups is 1. The molecule has 1 aliphatic heterocycles.